The van der Waals surface area contributed by atoms with Crippen LogP contribution in [0.3, 0.4) is 0 Å². The first-order chi connectivity index (χ1) is 13.0. The second-order valence-electron chi connectivity index (χ2n) is 5.99. The maximum atomic E-state index is 13.0. The van der Waals surface area contributed by atoms with Crippen LogP contribution in [0.2, 0.25) is 0 Å². The summed E-state index contributed by atoms with van der Waals surface area (Å²) < 4.78 is 13.0. The quantitative estimate of drug-likeness (QED) is 0.683. The molecule has 0 saturated heterocycles. The molecule has 7 heteroatoms. The van der Waals surface area contributed by atoms with Gasteiger partial charge in [0.05, 0.1) is 0 Å². The minimum atomic E-state index is -0.706. The van der Waals surface area contributed by atoms with Gasteiger partial charge in [-0.1, -0.05) is 30.3 Å². The van der Waals surface area contributed by atoms with Crippen molar-refractivity contribution >= 4 is 28.3 Å². The highest BCUT2D eigenvalue weighted by Crippen LogP contribution is 2.21. The topological polar surface area (TPSA) is 71.1 Å². The summed E-state index contributed by atoms with van der Waals surface area (Å²) in [5.74, 6) is -0.932. The summed E-state index contributed by atoms with van der Waals surface area (Å²) >= 11 is 1.34. The Kier molecular flexibility index (Phi) is 5.93. The molecule has 3 aromatic rings. The molecule has 138 valence electrons. The number of nitrogens with one attached hydrogen (secondary N) is 2. The van der Waals surface area contributed by atoms with Crippen LogP contribution in [0.4, 0.5) is 9.52 Å². The van der Waals surface area contributed by atoms with E-state index in [1.165, 1.54) is 23.5 Å². The molecule has 0 fully saturated rings. The number of amides is 2. The minimum absolute atomic E-state index is 0.275. The highest BCUT2D eigenvalue weighted by molar-refractivity contribution is 7.15. The molecule has 5 nitrogen and oxygen atoms in total. The number of rotatable bonds is 6. The third-order valence-corrected chi connectivity index (χ3v) is 4.76. The molecule has 0 aliphatic carbocycles. The Morgan fingerprint density at radius 3 is 2.52 bits per heavy atom. The Labute approximate surface area is 160 Å². The molecule has 1 aromatic heterocycles. The number of carbonyl (C=O) groups is 2. The number of hydrogen-bond donors (Lipinski definition) is 2. The molecule has 0 saturated carbocycles. The van der Waals surface area contributed by atoms with Gasteiger partial charge in [-0.2, -0.15) is 0 Å². The van der Waals surface area contributed by atoms with E-state index in [2.05, 4.69) is 15.6 Å². The second kappa shape index (κ2) is 8.55. The third kappa shape index (κ3) is 5.21. The van der Waals surface area contributed by atoms with Crippen molar-refractivity contribution in [1.29, 1.82) is 0 Å². The number of aromatic nitrogens is 1. The van der Waals surface area contributed by atoms with Crippen LogP contribution in [0.25, 0.3) is 0 Å². The Morgan fingerprint density at radius 1 is 1.11 bits per heavy atom. The van der Waals surface area contributed by atoms with Gasteiger partial charge in [-0.15, -0.1) is 11.3 Å². The summed E-state index contributed by atoms with van der Waals surface area (Å²) in [6, 6.07) is 14.3. The number of nitrogens with zero attached hydrogens (tertiary/aromatic N) is 1. The van der Waals surface area contributed by atoms with E-state index in [0.29, 0.717) is 17.1 Å². The number of anilines is 1. The smallest absolute Gasteiger partial charge is 0.251 e. The van der Waals surface area contributed by atoms with E-state index in [1.807, 2.05) is 6.07 Å². The van der Waals surface area contributed by atoms with Crippen LogP contribution in [0.1, 0.15) is 27.7 Å². The fourth-order valence-electron chi connectivity index (χ4n) is 2.40. The first kappa shape index (κ1) is 18.7. The van der Waals surface area contributed by atoms with Crippen LogP contribution < -0.4 is 10.6 Å². The summed E-state index contributed by atoms with van der Waals surface area (Å²) in [5, 5.41) is 5.82. The zero-order chi connectivity index (χ0) is 19.2. The molecule has 1 atom stereocenters. The second-order valence-corrected chi connectivity index (χ2v) is 7.10. The molecule has 0 bridgehead atoms. The molecule has 0 aliphatic rings. The summed E-state index contributed by atoms with van der Waals surface area (Å²) in [7, 11) is 0. The van der Waals surface area contributed by atoms with Crippen LogP contribution in [-0.2, 0) is 11.2 Å². The van der Waals surface area contributed by atoms with E-state index in [1.54, 1.807) is 49.5 Å². The Balaban J connectivity index is 1.55. The fraction of sp³-hybridized carbons (Fsp3) is 0.150. The van der Waals surface area contributed by atoms with Gasteiger partial charge in [0, 0.05) is 23.1 Å². The largest absolute Gasteiger partial charge is 0.341 e. The van der Waals surface area contributed by atoms with Crippen LogP contribution in [0, 0.1) is 5.82 Å². The van der Waals surface area contributed by atoms with Gasteiger partial charge < -0.3 is 10.6 Å². The van der Waals surface area contributed by atoms with E-state index in [-0.39, 0.29) is 17.6 Å². The lowest BCUT2D eigenvalue weighted by Crippen LogP contribution is -2.41. The van der Waals surface area contributed by atoms with Crippen molar-refractivity contribution < 1.29 is 14.0 Å². The Morgan fingerprint density at radius 2 is 1.81 bits per heavy atom. The average Bonchev–Trinajstić information content (AvgIpc) is 3.11. The van der Waals surface area contributed by atoms with Crippen LogP contribution in [-0.4, -0.2) is 22.8 Å². The number of carbonyl (C=O) groups excluding carboxylic acids is 2. The van der Waals surface area contributed by atoms with Crippen molar-refractivity contribution in [2.75, 3.05) is 5.32 Å². The summed E-state index contributed by atoms with van der Waals surface area (Å²) in [6.45, 7) is 1.61. The summed E-state index contributed by atoms with van der Waals surface area (Å²) in [4.78, 5) is 29.5. The molecule has 2 aromatic carbocycles. The molecule has 2 N–H and O–H groups in total. The minimum Gasteiger partial charge on any atom is -0.341 e. The van der Waals surface area contributed by atoms with Crippen molar-refractivity contribution in [3.05, 3.63) is 82.6 Å². The lowest BCUT2D eigenvalue weighted by molar-refractivity contribution is -0.117. The van der Waals surface area contributed by atoms with Gasteiger partial charge in [0.2, 0.25) is 5.91 Å². The standard InChI is InChI=1S/C20H18FN3O2S/c1-13(23-19(26)15-5-3-2-4-6-15)18(25)24-20-22-12-17(27-20)11-14-7-9-16(21)10-8-14/h2-10,12-13H,11H2,1H3,(H,23,26)(H,22,24,25). The molecular weight excluding hydrogens is 365 g/mol. The first-order valence-electron chi connectivity index (χ1n) is 8.37. The van der Waals surface area contributed by atoms with Gasteiger partial charge in [0.1, 0.15) is 11.9 Å². The number of thiazole rings is 1. The third-order valence-electron chi connectivity index (χ3n) is 3.85. The molecular formula is C20H18FN3O2S. The zero-order valence-electron chi connectivity index (χ0n) is 14.6. The van der Waals surface area contributed by atoms with E-state index in [4.69, 9.17) is 0 Å². The lowest BCUT2D eigenvalue weighted by Gasteiger charge is -2.12. The Bertz CT molecular complexity index is 926. The summed E-state index contributed by atoms with van der Waals surface area (Å²) in [5.41, 5.74) is 1.45. The SMILES string of the molecule is CC(NC(=O)c1ccccc1)C(=O)Nc1ncc(Cc2ccc(F)cc2)s1. The van der Waals surface area contributed by atoms with Gasteiger partial charge >= 0.3 is 0 Å². The van der Waals surface area contributed by atoms with Crippen molar-refractivity contribution in [3.8, 4) is 0 Å². The maximum Gasteiger partial charge on any atom is 0.251 e. The maximum absolute atomic E-state index is 13.0. The number of benzene rings is 2. The van der Waals surface area contributed by atoms with Crippen molar-refractivity contribution in [2.45, 2.75) is 19.4 Å². The fourth-order valence-corrected chi connectivity index (χ4v) is 3.25. The molecule has 3 rings (SSSR count). The normalized spacial score (nSPS) is 11.6. The van der Waals surface area contributed by atoms with E-state index >= 15 is 0 Å². The Hall–Kier alpha value is -3.06. The van der Waals surface area contributed by atoms with Crippen LogP contribution >= 0.6 is 11.3 Å². The highest BCUT2D eigenvalue weighted by Gasteiger charge is 2.17. The van der Waals surface area contributed by atoms with Gasteiger partial charge in [0.15, 0.2) is 5.13 Å². The van der Waals surface area contributed by atoms with Gasteiger partial charge in [-0.3, -0.25) is 9.59 Å². The number of hydrogen-bond acceptors (Lipinski definition) is 4. The monoisotopic (exact) mass is 383 g/mol. The van der Waals surface area contributed by atoms with E-state index in [0.717, 1.165) is 10.4 Å². The van der Waals surface area contributed by atoms with E-state index in [9.17, 15) is 14.0 Å². The predicted octanol–water partition coefficient (Wildman–Crippen LogP) is 3.63. The van der Waals surface area contributed by atoms with Gasteiger partial charge in [0.25, 0.3) is 5.91 Å². The van der Waals surface area contributed by atoms with Gasteiger partial charge in [-0.05, 0) is 36.8 Å². The molecule has 27 heavy (non-hydrogen) atoms. The molecule has 0 radical (unpaired) electrons. The highest BCUT2D eigenvalue weighted by atomic mass is 32.1. The average molecular weight is 383 g/mol. The van der Waals surface area contributed by atoms with Crippen molar-refractivity contribution in [2.24, 2.45) is 0 Å². The van der Waals surface area contributed by atoms with Gasteiger partial charge in [-0.25, -0.2) is 9.37 Å². The van der Waals surface area contributed by atoms with Crippen LogP contribution in [0.15, 0.2) is 60.8 Å². The molecule has 2 amide bonds. The molecule has 1 heterocycles. The molecule has 1 unspecified atom stereocenters. The first-order valence-corrected chi connectivity index (χ1v) is 9.19. The lowest BCUT2D eigenvalue weighted by atomic mass is 10.1. The van der Waals surface area contributed by atoms with E-state index < -0.39 is 6.04 Å². The molecule has 0 spiro atoms. The van der Waals surface area contributed by atoms with Crippen molar-refractivity contribution in [1.82, 2.24) is 10.3 Å². The predicted molar refractivity (Wildman–Crippen MR) is 103 cm³/mol. The van der Waals surface area contributed by atoms with Crippen molar-refractivity contribution in [3.63, 3.8) is 0 Å². The summed E-state index contributed by atoms with van der Waals surface area (Å²) in [6.07, 6.45) is 2.28. The zero-order valence-corrected chi connectivity index (χ0v) is 15.4. The molecule has 0 aliphatic heterocycles. The number of halogens is 1. The van der Waals surface area contributed by atoms with Crippen LogP contribution in [0.5, 0.6) is 0 Å².